The molecule has 3 aromatic carbocycles. The second-order valence-corrected chi connectivity index (χ2v) is 6.95. The average molecular weight is 446 g/mol. The van der Waals surface area contributed by atoms with Gasteiger partial charge in [0.1, 0.15) is 0 Å². The Balaban J connectivity index is 1.61. The highest BCUT2D eigenvalue weighted by molar-refractivity contribution is 5.91. The van der Waals surface area contributed by atoms with Crippen LogP contribution in [0.4, 0.5) is 5.69 Å². The van der Waals surface area contributed by atoms with E-state index in [-0.39, 0.29) is 23.9 Å². The molecule has 3 rings (SSSR count). The van der Waals surface area contributed by atoms with Crippen molar-refractivity contribution in [2.75, 3.05) is 13.7 Å². The van der Waals surface area contributed by atoms with Crippen LogP contribution in [0.5, 0.6) is 5.75 Å². The minimum atomic E-state index is -0.569. The first kappa shape index (κ1) is 23.1. The molecule has 0 atom stereocenters. The van der Waals surface area contributed by atoms with Crippen LogP contribution in [0.1, 0.15) is 22.6 Å². The van der Waals surface area contributed by atoms with Gasteiger partial charge in [0, 0.05) is 11.6 Å². The molecule has 0 fully saturated rings. The summed E-state index contributed by atoms with van der Waals surface area (Å²) in [7, 11) is 1.34. The van der Waals surface area contributed by atoms with Crippen LogP contribution in [0.3, 0.4) is 0 Å². The largest absolute Gasteiger partial charge is 0.490 e. The molecule has 0 heterocycles. The number of hydrogen-bond acceptors (Lipinski definition) is 6. The highest BCUT2D eigenvalue weighted by atomic mass is 16.6. The van der Waals surface area contributed by atoms with Crippen molar-refractivity contribution in [3.05, 3.63) is 106 Å². The molecule has 3 aromatic rings. The molecule has 0 bridgehead atoms. The summed E-state index contributed by atoms with van der Waals surface area (Å²) in [4.78, 5) is 35.6. The van der Waals surface area contributed by atoms with E-state index in [0.717, 1.165) is 11.1 Å². The Kier molecular flexibility index (Phi) is 7.85. The topological polar surface area (TPSA) is 123 Å². The number of nitrogens with one attached hydrogen (secondary N) is 2. The van der Waals surface area contributed by atoms with Crippen molar-refractivity contribution in [3.63, 3.8) is 0 Å². The smallest absolute Gasteiger partial charge is 0.311 e. The Morgan fingerprint density at radius 2 is 1.64 bits per heavy atom. The fraction of sp³-hybridized carbons (Fsp3) is 0.125. The molecule has 0 aromatic heterocycles. The second kappa shape index (κ2) is 11.2. The summed E-state index contributed by atoms with van der Waals surface area (Å²) in [6, 6.07) is 22.8. The summed E-state index contributed by atoms with van der Waals surface area (Å²) in [5.74, 6) is -1.31. The van der Waals surface area contributed by atoms with E-state index in [4.69, 9.17) is 4.74 Å². The van der Waals surface area contributed by atoms with Crippen LogP contribution < -0.4 is 15.5 Å². The van der Waals surface area contributed by atoms with Crippen LogP contribution in [-0.2, 0) is 9.59 Å². The predicted octanol–water partition coefficient (Wildman–Crippen LogP) is 3.00. The summed E-state index contributed by atoms with van der Waals surface area (Å²) in [5, 5.41) is 17.5. The Morgan fingerprint density at radius 3 is 2.18 bits per heavy atom. The van der Waals surface area contributed by atoms with E-state index in [0.29, 0.717) is 5.56 Å². The molecule has 0 saturated carbocycles. The zero-order valence-corrected chi connectivity index (χ0v) is 17.8. The fourth-order valence-corrected chi connectivity index (χ4v) is 3.20. The zero-order valence-electron chi connectivity index (χ0n) is 17.8. The third-order valence-corrected chi connectivity index (χ3v) is 4.75. The van der Waals surface area contributed by atoms with Gasteiger partial charge in [-0.1, -0.05) is 60.7 Å². The highest BCUT2D eigenvalue weighted by Crippen LogP contribution is 2.27. The first-order chi connectivity index (χ1) is 16.0. The molecule has 9 nitrogen and oxygen atoms in total. The molecule has 0 radical (unpaired) electrons. The van der Waals surface area contributed by atoms with Crippen molar-refractivity contribution in [2.24, 2.45) is 5.10 Å². The molecule has 0 aliphatic heterocycles. The van der Waals surface area contributed by atoms with Crippen LogP contribution in [0.15, 0.2) is 84.0 Å². The minimum Gasteiger partial charge on any atom is -0.490 e. The van der Waals surface area contributed by atoms with Crippen LogP contribution in [0.2, 0.25) is 0 Å². The Labute approximate surface area is 190 Å². The van der Waals surface area contributed by atoms with Gasteiger partial charge in [0.15, 0.2) is 5.75 Å². The lowest BCUT2D eigenvalue weighted by molar-refractivity contribution is -0.385. The van der Waals surface area contributed by atoms with Gasteiger partial charge in [-0.15, -0.1) is 0 Å². The number of hydrogen-bond donors (Lipinski definition) is 2. The van der Waals surface area contributed by atoms with E-state index in [9.17, 15) is 19.7 Å². The molecule has 0 unspecified atom stereocenters. The van der Waals surface area contributed by atoms with Crippen molar-refractivity contribution in [1.82, 2.24) is 10.7 Å². The van der Waals surface area contributed by atoms with E-state index < -0.39 is 16.7 Å². The number of carbonyl (C=O) groups excluding carboxylic acids is 2. The molecule has 2 N–H and O–H groups in total. The number of carbonyl (C=O) groups is 2. The van der Waals surface area contributed by atoms with Crippen LogP contribution >= 0.6 is 0 Å². The molecule has 9 heteroatoms. The Hall–Kier alpha value is -4.53. The summed E-state index contributed by atoms with van der Waals surface area (Å²) >= 11 is 0. The van der Waals surface area contributed by atoms with Gasteiger partial charge in [0.2, 0.25) is 5.91 Å². The van der Waals surface area contributed by atoms with Gasteiger partial charge in [0.05, 0.1) is 30.7 Å². The molecule has 0 saturated heterocycles. The summed E-state index contributed by atoms with van der Waals surface area (Å²) in [5.41, 5.74) is 4.10. The molecule has 0 aliphatic carbocycles. The molecular formula is C24H22N4O5. The molecular weight excluding hydrogens is 424 g/mol. The van der Waals surface area contributed by atoms with Crippen molar-refractivity contribution >= 4 is 23.7 Å². The van der Waals surface area contributed by atoms with Crippen molar-refractivity contribution < 1.29 is 19.2 Å². The number of benzene rings is 3. The van der Waals surface area contributed by atoms with E-state index in [1.807, 2.05) is 60.7 Å². The second-order valence-electron chi connectivity index (χ2n) is 6.95. The van der Waals surface area contributed by atoms with Gasteiger partial charge in [0.25, 0.3) is 5.91 Å². The van der Waals surface area contributed by atoms with E-state index in [2.05, 4.69) is 15.8 Å². The third-order valence-electron chi connectivity index (χ3n) is 4.75. The van der Waals surface area contributed by atoms with Gasteiger partial charge in [-0.25, -0.2) is 5.43 Å². The molecule has 0 aliphatic rings. The van der Waals surface area contributed by atoms with Crippen LogP contribution in [-0.4, -0.2) is 36.6 Å². The molecule has 0 spiro atoms. The standard InChI is InChI=1S/C24H22N4O5/c1-33-21-13-12-17(14-20(21)28(31)32)15-26-27-22(29)16-25-24(30)23(18-8-4-2-5-9-18)19-10-6-3-7-11-19/h2-15,23H,16H2,1H3,(H,25,30)(H,27,29). The van der Waals surface area contributed by atoms with Crippen molar-refractivity contribution in [2.45, 2.75) is 5.92 Å². The SMILES string of the molecule is COc1ccc(C=NNC(=O)CNC(=O)C(c2ccccc2)c2ccccc2)cc1[N+](=O)[O-]. The number of methoxy groups -OCH3 is 1. The normalized spacial score (nSPS) is 10.7. The third kappa shape index (κ3) is 6.23. The van der Waals surface area contributed by atoms with Crippen LogP contribution in [0, 0.1) is 10.1 Å². The summed E-state index contributed by atoms with van der Waals surface area (Å²) < 4.78 is 4.95. The van der Waals surface area contributed by atoms with E-state index in [1.165, 1.54) is 25.5 Å². The zero-order chi connectivity index (χ0) is 23.6. The maximum atomic E-state index is 12.9. The lowest BCUT2D eigenvalue weighted by atomic mass is 9.90. The Morgan fingerprint density at radius 1 is 1.03 bits per heavy atom. The minimum absolute atomic E-state index is 0.121. The van der Waals surface area contributed by atoms with Gasteiger partial charge in [-0.2, -0.15) is 5.10 Å². The van der Waals surface area contributed by atoms with Gasteiger partial charge in [-0.3, -0.25) is 19.7 Å². The van der Waals surface area contributed by atoms with Crippen molar-refractivity contribution in [3.8, 4) is 5.75 Å². The predicted molar refractivity (Wildman–Crippen MR) is 123 cm³/mol. The number of ether oxygens (including phenoxy) is 1. The number of rotatable bonds is 9. The average Bonchev–Trinajstić information content (AvgIpc) is 2.84. The summed E-state index contributed by atoms with van der Waals surface area (Å²) in [6.07, 6.45) is 1.27. The maximum Gasteiger partial charge on any atom is 0.311 e. The molecule has 33 heavy (non-hydrogen) atoms. The quantitative estimate of drug-likeness (QED) is 0.297. The maximum absolute atomic E-state index is 12.9. The van der Waals surface area contributed by atoms with E-state index >= 15 is 0 Å². The number of nitro benzene ring substituents is 1. The number of amides is 2. The number of nitrogens with zero attached hydrogens (tertiary/aromatic N) is 2. The van der Waals surface area contributed by atoms with Crippen molar-refractivity contribution in [1.29, 1.82) is 0 Å². The lowest BCUT2D eigenvalue weighted by Crippen LogP contribution is -2.37. The molecule has 2 amide bonds. The van der Waals surface area contributed by atoms with Gasteiger partial charge < -0.3 is 10.1 Å². The number of hydrazone groups is 1. The molecule has 168 valence electrons. The first-order valence-corrected chi connectivity index (χ1v) is 10.0. The van der Waals surface area contributed by atoms with Gasteiger partial charge >= 0.3 is 5.69 Å². The first-order valence-electron chi connectivity index (χ1n) is 10.0. The highest BCUT2D eigenvalue weighted by Gasteiger charge is 2.22. The fourth-order valence-electron chi connectivity index (χ4n) is 3.20. The monoisotopic (exact) mass is 446 g/mol. The summed E-state index contributed by atoms with van der Waals surface area (Å²) in [6.45, 7) is -0.283. The lowest BCUT2D eigenvalue weighted by Gasteiger charge is -2.17. The Bertz CT molecular complexity index is 1110. The van der Waals surface area contributed by atoms with Gasteiger partial charge in [-0.05, 0) is 23.3 Å². The van der Waals surface area contributed by atoms with E-state index in [1.54, 1.807) is 6.07 Å². The van der Waals surface area contributed by atoms with Crippen LogP contribution in [0.25, 0.3) is 0 Å². The number of nitro groups is 1.